The largest absolute Gasteiger partial charge is 0.376 e. The Morgan fingerprint density at radius 3 is 2.33 bits per heavy atom. The Labute approximate surface area is 103 Å². The molecule has 0 spiro atoms. The van der Waals surface area contributed by atoms with Crippen LogP contribution in [0.5, 0.6) is 0 Å². The first-order chi connectivity index (χ1) is 8.70. The van der Waals surface area contributed by atoms with Gasteiger partial charge in [0.25, 0.3) is 0 Å². The van der Waals surface area contributed by atoms with Gasteiger partial charge in [0.1, 0.15) is 5.69 Å². The van der Waals surface area contributed by atoms with E-state index >= 15 is 0 Å². The summed E-state index contributed by atoms with van der Waals surface area (Å²) in [6.07, 6.45) is 3.20. The molecule has 1 heterocycles. The van der Waals surface area contributed by atoms with Crippen LogP contribution in [-0.2, 0) is 6.54 Å². The van der Waals surface area contributed by atoms with Crippen LogP contribution in [-0.4, -0.2) is 4.98 Å². The van der Waals surface area contributed by atoms with Crippen LogP contribution >= 0.6 is 0 Å². The van der Waals surface area contributed by atoms with Crippen LogP contribution in [0.2, 0.25) is 0 Å². The number of anilines is 1. The molecule has 0 bridgehead atoms. The second kappa shape index (κ2) is 5.23. The molecule has 0 aliphatic carbocycles. The summed E-state index contributed by atoms with van der Waals surface area (Å²) in [5.74, 6) is -1.55. The van der Waals surface area contributed by atoms with Gasteiger partial charge in [-0.3, -0.25) is 4.98 Å². The quantitative estimate of drug-likeness (QED) is 0.904. The molecular formula is C13H9F2N3. The Morgan fingerprint density at radius 2 is 1.78 bits per heavy atom. The predicted octanol–water partition coefficient (Wildman–Crippen LogP) is 2.84. The fourth-order valence-electron chi connectivity index (χ4n) is 1.50. The van der Waals surface area contributed by atoms with E-state index in [1.54, 1.807) is 30.6 Å². The minimum absolute atomic E-state index is 0.0422. The summed E-state index contributed by atoms with van der Waals surface area (Å²) in [6, 6.07) is 7.17. The van der Waals surface area contributed by atoms with E-state index in [0.717, 1.165) is 17.7 Å². The lowest BCUT2D eigenvalue weighted by molar-refractivity contribution is 0.587. The van der Waals surface area contributed by atoms with Crippen LogP contribution in [0.15, 0.2) is 36.7 Å². The molecule has 1 aromatic carbocycles. The van der Waals surface area contributed by atoms with E-state index in [0.29, 0.717) is 0 Å². The van der Waals surface area contributed by atoms with E-state index in [-0.39, 0.29) is 17.8 Å². The number of aromatic nitrogens is 1. The molecule has 0 saturated carbocycles. The number of hydrogen-bond acceptors (Lipinski definition) is 3. The molecular weight excluding hydrogens is 236 g/mol. The van der Waals surface area contributed by atoms with Gasteiger partial charge in [-0.15, -0.1) is 0 Å². The Balaban J connectivity index is 2.18. The van der Waals surface area contributed by atoms with E-state index < -0.39 is 11.6 Å². The number of nitrogens with one attached hydrogen (secondary N) is 1. The van der Waals surface area contributed by atoms with Gasteiger partial charge in [-0.25, -0.2) is 8.78 Å². The minimum Gasteiger partial charge on any atom is -0.376 e. The van der Waals surface area contributed by atoms with Gasteiger partial charge in [0, 0.05) is 18.9 Å². The zero-order valence-corrected chi connectivity index (χ0v) is 9.32. The van der Waals surface area contributed by atoms with Crippen molar-refractivity contribution in [3.63, 3.8) is 0 Å². The number of nitriles is 1. The predicted molar refractivity (Wildman–Crippen MR) is 62.6 cm³/mol. The summed E-state index contributed by atoms with van der Waals surface area (Å²) in [4.78, 5) is 3.85. The highest BCUT2D eigenvalue weighted by Crippen LogP contribution is 2.21. The van der Waals surface area contributed by atoms with Crippen molar-refractivity contribution in [1.82, 2.24) is 4.98 Å². The van der Waals surface area contributed by atoms with Crippen molar-refractivity contribution in [2.24, 2.45) is 0 Å². The monoisotopic (exact) mass is 245 g/mol. The van der Waals surface area contributed by atoms with Crippen molar-refractivity contribution in [1.29, 1.82) is 5.26 Å². The Kier molecular flexibility index (Phi) is 3.49. The number of benzene rings is 1. The number of pyridine rings is 1. The molecule has 3 nitrogen and oxygen atoms in total. The van der Waals surface area contributed by atoms with Gasteiger partial charge in [0.05, 0.1) is 11.6 Å². The molecule has 0 amide bonds. The van der Waals surface area contributed by atoms with Crippen molar-refractivity contribution in [3.05, 3.63) is 59.4 Å². The van der Waals surface area contributed by atoms with Crippen LogP contribution in [0.3, 0.4) is 0 Å². The minimum atomic E-state index is -0.777. The van der Waals surface area contributed by atoms with Crippen molar-refractivity contribution >= 4 is 5.69 Å². The fraction of sp³-hybridized carbons (Fsp3) is 0.0769. The molecule has 90 valence electrons. The van der Waals surface area contributed by atoms with E-state index in [1.165, 1.54) is 0 Å². The summed E-state index contributed by atoms with van der Waals surface area (Å²) < 4.78 is 27.1. The van der Waals surface area contributed by atoms with E-state index in [9.17, 15) is 8.78 Å². The Hall–Kier alpha value is -2.48. The van der Waals surface area contributed by atoms with E-state index in [2.05, 4.69) is 10.3 Å². The van der Waals surface area contributed by atoms with Gasteiger partial charge in [-0.05, 0) is 29.8 Å². The smallest absolute Gasteiger partial charge is 0.150 e. The van der Waals surface area contributed by atoms with Gasteiger partial charge >= 0.3 is 0 Å². The van der Waals surface area contributed by atoms with Crippen molar-refractivity contribution in [3.8, 4) is 6.07 Å². The fourth-order valence-corrected chi connectivity index (χ4v) is 1.50. The van der Waals surface area contributed by atoms with Gasteiger partial charge in [0.15, 0.2) is 11.6 Å². The molecule has 2 aromatic rings. The van der Waals surface area contributed by atoms with Crippen molar-refractivity contribution in [2.45, 2.75) is 6.54 Å². The molecule has 0 atom stereocenters. The average molecular weight is 245 g/mol. The summed E-state index contributed by atoms with van der Waals surface area (Å²) in [5, 5.41) is 11.2. The van der Waals surface area contributed by atoms with Crippen LogP contribution < -0.4 is 5.32 Å². The Morgan fingerprint density at radius 1 is 1.17 bits per heavy atom. The maximum Gasteiger partial charge on any atom is 0.150 e. The molecule has 1 aromatic heterocycles. The molecule has 0 saturated heterocycles. The SMILES string of the molecule is N#Cc1cc(F)c(NCc2ccncc2)c(F)c1. The summed E-state index contributed by atoms with van der Waals surface area (Å²) in [7, 11) is 0. The van der Waals surface area contributed by atoms with Crippen molar-refractivity contribution in [2.75, 3.05) is 5.32 Å². The van der Waals surface area contributed by atoms with Gasteiger partial charge in [0.2, 0.25) is 0 Å². The highest BCUT2D eigenvalue weighted by molar-refractivity contribution is 5.50. The van der Waals surface area contributed by atoms with Crippen LogP contribution in [0.25, 0.3) is 0 Å². The third kappa shape index (κ3) is 2.61. The van der Waals surface area contributed by atoms with E-state index in [1.807, 2.05) is 0 Å². The number of halogens is 2. The first-order valence-corrected chi connectivity index (χ1v) is 5.22. The molecule has 0 fully saturated rings. The third-order valence-electron chi connectivity index (χ3n) is 2.39. The summed E-state index contributed by atoms with van der Waals surface area (Å²) in [6.45, 7) is 0.280. The lowest BCUT2D eigenvalue weighted by Crippen LogP contribution is -2.04. The van der Waals surface area contributed by atoms with E-state index in [4.69, 9.17) is 5.26 Å². The lowest BCUT2D eigenvalue weighted by Gasteiger charge is -2.08. The number of nitrogens with zero attached hydrogens (tertiary/aromatic N) is 2. The zero-order valence-electron chi connectivity index (χ0n) is 9.32. The standard InChI is InChI=1S/C13H9F2N3/c14-11-5-10(7-16)6-12(15)13(11)18-8-9-1-3-17-4-2-9/h1-6,18H,8H2. The number of rotatable bonds is 3. The number of hydrogen-bond donors (Lipinski definition) is 1. The second-order valence-corrected chi connectivity index (χ2v) is 3.64. The molecule has 0 unspecified atom stereocenters. The molecule has 2 rings (SSSR count). The molecule has 0 aliphatic rings. The van der Waals surface area contributed by atoms with Crippen LogP contribution in [0.4, 0.5) is 14.5 Å². The maximum absolute atomic E-state index is 13.5. The molecule has 5 heteroatoms. The highest BCUT2D eigenvalue weighted by atomic mass is 19.1. The highest BCUT2D eigenvalue weighted by Gasteiger charge is 2.10. The molecule has 18 heavy (non-hydrogen) atoms. The second-order valence-electron chi connectivity index (χ2n) is 3.64. The lowest BCUT2D eigenvalue weighted by atomic mass is 10.2. The Bertz CT molecular complexity index is 568. The molecule has 1 N–H and O–H groups in total. The first-order valence-electron chi connectivity index (χ1n) is 5.22. The summed E-state index contributed by atoms with van der Waals surface area (Å²) in [5.41, 5.74) is 0.582. The molecule has 0 radical (unpaired) electrons. The maximum atomic E-state index is 13.5. The van der Waals surface area contributed by atoms with Crippen LogP contribution in [0.1, 0.15) is 11.1 Å². The average Bonchev–Trinajstić information content (AvgIpc) is 2.38. The van der Waals surface area contributed by atoms with Gasteiger partial charge < -0.3 is 5.32 Å². The first kappa shape index (κ1) is 12.0. The summed E-state index contributed by atoms with van der Waals surface area (Å²) >= 11 is 0. The normalized spacial score (nSPS) is 9.83. The van der Waals surface area contributed by atoms with Gasteiger partial charge in [-0.2, -0.15) is 5.26 Å². The van der Waals surface area contributed by atoms with Gasteiger partial charge in [-0.1, -0.05) is 0 Å². The van der Waals surface area contributed by atoms with Crippen LogP contribution in [0, 0.1) is 23.0 Å². The van der Waals surface area contributed by atoms with Crippen molar-refractivity contribution < 1.29 is 8.78 Å². The topological polar surface area (TPSA) is 48.7 Å². The zero-order chi connectivity index (χ0) is 13.0. The molecule has 0 aliphatic heterocycles. The third-order valence-corrected chi connectivity index (χ3v) is 2.39.